The molecule has 1 atom stereocenters. The van der Waals surface area contributed by atoms with Crippen LogP contribution in [0, 0.1) is 6.92 Å². The van der Waals surface area contributed by atoms with Gasteiger partial charge in [0.25, 0.3) is 0 Å². The van der Waals surface area contributed by atoms with Crippen molar-refractivity contribution in [2.45, 2.75) is 19.9 Å². The number of carboxylic acid groups (broad SMARTS) is 1. The number of nitrogens with one attached hydrogen (secondary N) is 1. The fourth-order valence-corrected chi connectivity index (χ4v) is 1.93. The van der Waals surface area contributed by atoms with E-state index >= 15 is 0 Å². The zero-order chi connectivity index (χ0) is 15.4. The number of aryl methyl sites for hydroxylation is 1. The van der Waals surface area contributed by atoms with Crippen LogP contribution in [0.3, 0.4) is 0 Å². The molecule has 4 heteroatoms. The number of carboxylic acids is 1. The average molecular weight is 283 g/mol. The molecule has 4 nitrogen and oxygen atoms in total. The zero-order valence-corrected chi connectivity index (χ0v) is 12.0. The summed E-state index contributed by atoms with van der Waals surface area (Å²) < 4.78 is 0. The Balaban J connectivity index is 2.22. The van der Waals surface area contributed by atoms with E-state index in [-0.39, 0.29) is 5.78 Å². The molecule has 2 N–H and O–H groups in total. The highest BCUT2D eigenvalue weighted by atomic mass is 16.4. The van der Waals surface area contributed by atoms with E-state index in [1.165, 1.54) is 0 Å². The second-order valence-electron chi connectivity index (χ2n) is 4.98. The van der Waals surface area contributed by atoms with Crippen LogP contribution in [0.15, 0.2) is 48.5 Å². The minimum Gasteiger partial charge on any atom is -0.480 e. The van der Waals surface area contributed by atoms with Crippen molar-refractivity contribution in [3.8, 4) is 0 Å². The quantitative estimate of drug-likeness (QED) is 0.827. The molecule has 0 heterocycles. The van der Waals surface area contributed by atoms with Gasteiger partial charge in [0.1, 0.15) is 6.04 Å². The molecule has 2 aromatic carbocycles. The average Bonchev–Trinajstić information content (AvgIpc) is 2.47. The summed E-state index contributed by atoms with van der Waals surface area (Å²) in [5.74, 6) is -1.02. The minimum atomic E-state index is -0.940. The van der Waals surface area contributed by atoms with Crippen molar-refractivity contribution >= 4 is 17.4 Å². The molecule has 0 aliphatic heterocycles. The smallest absolute Gasteiger partial charge is 0.325 e. The fourth-order valence-electron chi connectivity index (χ4n) is 1.93. The summed E-state index contributed by atoms with van der Waals surface area (Å²) in [6, 6.07) is 13.5. The van der Waals surface area contributed by atoms with Crippen LogP contribution >= 0.6 is 0 Å². The van der Waals surface area contributed by atoms with Crippen molar-refractivity contribution in [1.82, 2.24) is 0 Å². The van der Waals surface area contributed by atoms with E-state index in [0.717, 1.165) is 5.56 Å². The van der Waals surface area contributed by atoms with Gasteiger partial charge in [-0.1, -0.05) is 42.0 Å². The predicted octanol–water partition coefficient (Wildman–Crippen LogP) is 3.11. The molecule has 0 amide bonds. The molecule has 21 heavy (non-hydrogen) atoms. The number of anilines is 1. The van der Waals surface area contributed by atoms with Crippen LogP contribution in [-0.2, 0) is 4.79 Å². The first kappa shape index (κ1) is 14.8. The standard InChI is InChI=1S/C17H17NO3/c1-11-6-8-13(9-7-11)16(19)14-4-3-5-15(10-14)18-12(2)17(20)21/h3-10,12,18H,1-2H3,(H,20,21)/t12-/m0/s1. The Labute approximate surface area is 123 Å². The zero-order valence-electron chi connectivity index (χ0n) is 12.0. The lowest BCUT2D eigenvalue weighted by Crippen LogP contribution is -2.25. The monoisotopic (exact) mass is 283 g/mol. The molecule has 0 aliphatic carbocycles. The third-order valence-corrected chi connectivity index (χ3v) is 3.19. The Kier molecular flexibility index (Phi) is 4.38. The number of ketones is 1. The Morgan fingerprint density at radius 3 is 2.33 bits per heavy atom. The van der Waals surface area contributed by atoms with Gasteiger partial charge in [-0.25, -0.2) is 0 Å². The van der Waals surface area contributed by atoms with Gasteiger partial charge in [0.15, 0.2) is 5.78 Å². The van der Waals surface area contributed by atoms with Crippen LogP contribution in [0.5, 0.6) is 0 Å². The topological polar surface area (TPSA) is 66.4 Å². The van der Waals surface area contributed by atoms with Crippen molar-refractivity contribution in [3.63, 3.8) is 0 Å². The fraction of sp³-hybridized carbons (Fsp3) is 0.176. The van der Waals surface area contributed by atoms with Crippen LogP contribution < -0.4 is 5.32 Å². The molecule has 0 bridgehead atoms. The van der Waals surface area contributed by atoms with Gasteiger partial charge in [-0.2, -0.15) is 0 Å². The van der Waals surface area contributed by atoms with Crippen molar-refractivity contribution in [2.24, 2.45) is 0 Å². The number of aliphatic carboxylic acids is 1. The summed E-state index contributed by atoms with van der Waals surface area (Å²) in [6.45, 7) is 3.52. The third-order valence-electron chi connectivity index (χ3n) is 3.19. The van der Waals surface area contributed by atoms with E-state index in [9.17, 15) is 9.59 Å². The highest BCUT2D eigenvalue weighted by Crippen LogP contribution is 2.16. The highest BCUT2D eigenvalue weighted by Gasteiger charge is 2.12. The van der Waals surface area contributed by atoms with Crippen molar-refractivity contribution in [3.05, 3.63) is 65.2 Å². The molecular weight excluding hydrogens is 266 g/mol. The van der Waals surface area contributed by atoms with Crippen molar-refractivity contribution in [1.29, 1.82) is 0 Å². The Morgan fingerprint density at radius 2 is 1.71 bits per heavy atom. The van der Waals surface area contributed by atoms with Gasteiger partial charge < -0.3 is 10.4 Å². The number of carbonyl (C=O) groups is 2. The van der Waals surface area contributed by atoms with E-state index in [4.69, 9.17) is 5.11 Å². The minimum absolute atomic E-state index is 0.0818. The molecule has 0 spiro atoms. The van der Waals surface area contributed by atoms with Crippen LogP contribution in [0.1, 0.15) is 28.4 Å². The Hall–Kier alpha value is -2.62. The second kappa shape index (κ2) is 6.22. The lowest BCUT2D eigenvalue weighted by Gasteiger charge is -2.11. The summed E-state index contributed by atoms with van der Waals surface area (Å²) in [4.78, 5) is 23.2. The van der Waals surface area contributed by atoms with E-state index in [2.05, 4.69) is 5.32 Å². The summed E-state index contributed by atoms with van der Waals surface area (Å²) in [5.41, 5.74) is 2.85. The molecule has 0 unspecified atom stereocenters. The number of hydrogen-bond acceptors (Lipinski definition) is 3. The molecule has 0 saturated carbocycles. The van der Waals surface area contributed by atoms with Crippen molar-refractivity contribution < 1.29 is 14.7 Å². The van der Waals surface area contributed by atoms with Gasteiger partial charge in [0.2, 0.25) is 0 Å². The van der Waals surface area contributed by atoms with Crippen molar-refractivity contribution in [2.75, 3.05) is 5.32 Å². The first-order valence-corrected chi connectivity index (χ1v) is 6.68. The third kappa shape index (κ3) is 3.69. The molecule has 0 radical (unpaired) electrons. The maximum Gasteiger partial charge on any atom is 0.325 e. The van der Waals surface area contributed by atoms with Crippen LogP contribution in [0.2, 0.25) is 0 Å². The molecule has 0 aliphatic rings. The Bertz CT molecular complexity index is 662. The first-order chi connectivity index (χ1) is 9.97. The second-order valence-corrected chi connectivity index (χ2v) is 4.98. The van der Waals surface area contributed by atoms with Crippen LogP contribution in [0.4, 0.5) is 5.69 Å². The van der Waals surface area contributed by atoms with Gasteiger partial charge in [-0.3, -0.25) is 9.59 Å². The molecule has 2 aromatic rings. The normalized spacial score (nSPS) is 11.7. The lowest BCUT2D eigenvalue weighted by molar-refractivity contribution is -0.137. The molecule has 0 fully saturated rings. The van der Waals surface area contributed by atoms with E-state index in [0.29, 0.717) is 16.8 Å². The maximum absolute atomic E-state index is 12.4. The van der Waals surface area contributed by atoms with Crippen LogP contribution in [0.25, 0.3) is 0 Å². The van der Waals surface area contributed by atoms with Gasteiger partial charge in [0.05, 0.1) is 0 Å². The molecule has 2 rings (SSSR count). The highest BCUT2D eigenvalue weighted by molar-refractivity contribution is 6.09. The maximum atomic E-state index is 12.4. The molecule has 0 aromatic heterocycles. The predicted molar refractivity (Wildman–Crippen MR) is 81.8 cm³/mol. The summed E-state index contributed by atoms with van der Waals surface area (Å²) in [6.07, 6.45) is 0. The SMILES string of the molecule is Cc1ccc(C(=O)c2cccc(N[C@@H](C)C(=O)O)c2)cc1. The largest absolute Gasteiger partial charge is 0.480 e. The number of rotatable bonds is 5. The molecular formula is C17H17NO3. The number of hydrogen-bond donors (Lipinski definition) is 2. The van der Waals surface area contributed by atoms with Gasteiger partial charge in [-0.15, -0.1) is 0 Å². The van der Waals surface area contributed by atoms with E-state index in [1.807, 2.05) is 19.1 Å². The molecule has 0 saturated heterocycles. The molecule has 108 valence electrons. The van der Waals surface area contributed by atoms with Crippen LogP contribution in [-0.4, -0.2) is 22.9 Å². The van der Waals surface area contributed by atoms with E-state index < -0.39 is 12.0 Å². The summed E-state index contributed by atoms with van der Waals surface area (Å²) in [7, 11) is 0. The Morgan fingerprint density at radius 1 is 1.05 bits per heavy atom. The summed E-state index contributed by atoms with van der Waals surface area (Å²) >= 11 is 0. The lowest BCUT2D eigenvalue weighted by atomic mass is 10.0. The first-order valence-electron chi connectivity index (χ1n) is 6.68. The van der Waals surface area contributed by atoms with Gasteiger partial charge in [-0.05, 0) is 26.0 Å². The van der Waals surface area contributed by atoms with Gasteiger partial charge in [0, 0.05) is 16.8 Å². The van der Waals surface area contributed by atoms with E-state index in [1.54, 1.807) is 43.3 Å². The number of carbonyl (C=O) groups excluding carboxylic acids is 1. The van der Waals surface area contributed by atoms with Gasteiger partial charge >= 0.3 is 5.97 Å². The number of benzene rings is 2. The summed E-state index contributed by atoms with van der Waals surface area (Å²) in [5, 5.41) is 11.7.